The average molecular weight is 370 g/mol. The van der Waals surface area contributed by atoms with E-state index >= 15 is 0 Å². The summed E-state index contributed by atoms with van der Waals surface area (Å²) in [5, 5.41) is 6.26. The second-order valence-corrected chi connectivity index (χ2v) is 6.93. The summed E-state index contributed by atoms with van der Waals surface area (Å²) in [6.45, 7) is 2.12. The number of hydrogen-bond acceptors (Lipinski definition) is 5. The van der Waals surface area contributed by atoms with Crippen molar-refractivity contribution in [2.24, 2.45) is 0 Å². The maximum absolute atomic E-state index is 12.3. The molecule has 1 amide bonds. The molecule has 5 nitrogen and oxygen atoms in total. The van der Waals surface area contributed by atoms with Gasteiger partial charge in [-0.1, -0.05) is 30.8 Å². The predicted molar refractivity (Wildman–Crippen MR) is 106 cm³/mol. The lowest BCUT2D eigenvalue weighted by Crippen LogP contribution is -2.30. The normalized spacial score (nSPS) is 17.9. The van der Waals surface area contributed by atoms with Gasteiger partial charge in [-0.15, -0.1) is 0 Å². The molecule has 0 saturated carbocycles. The first-order valence-corrected chi connectivity index (χ1v) is 9.27. The van der Waals surface area contributed by atoms with Crippen molar-refractivity contribution < 1.29 is 14.3 Å². The minimum Gasteiger partial charge on any atom is -0.497 e. The molecule has 0 bridgehead atoms. The van der Waals surface area contributed by atoms with E-state index in [9.17, 15) is 4.79 Å². The van der Waals surface area contributed by atoms with Crippen molar-refractivity contribution >= 4 is 29.4 Å². The average Bonchev–Trinajstić information content (AvgIpc) is 3.01. The van der Waals surface area contributed by atoms with Gasteiger partial charge in [-0.25, -0.2) is 0 Å². The molecule has 0 aromatic heterocycles. The van der Waals surface area contributed by atoms with Crippen molar-refractivity contribution in [1.82, 2.24) is 5.32 Å². The van der Waals surface area contributed by atoms with E-state index in [1.807, 2.05) is 36.4 Å². The van der Waals surface area contributed by atoms with Gasteiger partial charge in [0.25, 0.3) is 5.91 Å². The van der Waals surface area contributed by atoms with Crippen LogP contribution in [0, 0.1) is 0 Å². The van der Waals surface area contributed by atoms with E-state index in [1.165, 1.54) is 17.3 Å². The Kier molecular flexibility index (Phi) is 5.73. The van der Waals surface area contributed by atoms with Crippen molar-refractivity contribution in [3.63, 3.8) is 0 Å². The number of anilines is 1. The van der Waals surface area contributed by atoms with Crippen LogP contribution >= 0.6 is 11.8 Å². The molecule has 1 fully saturated rings. The predicted octanol–water partition coefficient (Wildman–Crippen LogP) is 3.87. The molecule has 2 aromatic carbocycles. The largest absolute Gasteiger partial charge is 0.497 e. The van der Waals surface area contributed by atoms with Crippen molar-refractivity contribution in [3.8, 4) is 11.5 Å². The van der Waals surface area contributed by atoms with Crippen LogP contribution in [0.25, 0.3) is 6.08 Å². The molecule has 3 rings (SSSR count). The summed E-state index contributed by atoms with van der Waals surface area (Å²) in [6.07, 6.45) is 2.83. The van der Waals surface area contributed by atoms with E-state index in [4.69, 9.17) is 9.47 Å². The van der Waals surface area contributed by atoms with Gasteiger partial charge in [-0.3, -0.25) is 4.79 Å². The monoisotopic (exact) mass is 370 g/mol. The Bertz CT molecular complexity index is 818. The van der Waals surface area contributed by atoms with Gasteiger partial charge in [0.2, 0.25) is 0 Å². The first-order chi connectivity index (χ1) is 12.6. The molecule has 0 radical (unpaired) electrons. The Morgan fingerprint density at radius 1 is 1.15 bits per heavy atom. The van der Waals surface area contributed by atoms with Crippen LogP contribution in [-0.2, 0) is 11.2 Å². The molecule has 2 N–H and O–H groups in total. The third-order valence-electron chi connectivity index (χ3n) is 4.11. The Hall–Kier alpha value is -2.60. The van der Waals surface area contributed by atoms with Crippen LogP contribution in [0.15, 0.2) is 47.4 Å². The van der Waals surface area contributed by atoms with Gasteiger partial charge in [-0.05, 0) is 48.4 Å². The maximum atomic E-state index is 12.3. The van der Waals surface area contributed by atoms with Crippen LogP contribution in [0.3, 0.4) is 0 Å². The topological polar surface area (TPSA) is 59.6 Å². The molecule has 1 heterocycles. The van der Waals surface area contributed by atoms with Gasteiger partial charge in [-0.2, -0.15) is 0 Å². The van der Waals surface area contributed by atoms with E-state index < -0.39 is 0 Å². The standard InChI is InChI=1S/C20H22N2O3S/c1-4-13-5-7-15(8-6-13)21-20-22-19(23)18(26-20)12-14-11-16(24-2)9-10-17(14)25-3/h5-12,20-21H,4H2,1-3H3,(H,22,23)/b18-12-/t20-/m0/s1. The highest BCUT2D eigenvalue weighted by Gasteiger charge is 2.27. The van der Waals surface area contributed by atoms with Crippen LogP contribution in [0.5, 0.6) is 11.5 Å². The smallest absolute Gasteiger partial charge is 0.260 e. The highest BCUT2D eigenvalue weighted by Crippen LogP contribution is 2.33. The number of amides is 1. The van der Waals surface area contributed by atoms with Crippen molar-refractivity contribution in [3.05, 3.63) is 58.5 Å². The lowest BCUT2D eigenvalue weighted by Gasteiger charge is -2.13. The van der Waals surface area contributed by atoms with Crippen molar-refractivity contribution in [1.29, 1.82) is 0 Å². The number of ether oxygens (including phenoxy) is 2. The molecule has 136 valence electrons. The molecule has 1 aliphatic rings. The van der Waals surface area contributed by atoms with E-state index in [0.717, 1.165) is 17.7 Å². The van der Waals surface area contributed by atoms with Crippen LogP contribution in [0.2, 0.25) is 0 Å². The van der Waals surface area contributed by atoms with Crippen LogP contribution < -0.4 is 20.1 Å². The Labute approximate surface area is 157 Å². The third-order valence-corrected chi connectivity index (χ3v) is 5.14. The third kappa shape index (κ3) is 4.14. The quantitative estimate of drug-likeness (QED) is 0.756. The van der Waals surface area contributed by atoms with E-state index in [0.29, 0.717) is 16.4 Å². The van der Waals surface area contributed by atoms with Crippen LogP contribution in [0.1, 0.15) is 18.1 Å². The number of carbonyl (C=O) groups is 1. The van der Waals surface area contributed by atoms with E-state index in [-0.39, 0.29) is 11.4 Å². The van der Waals surface area contributed by atoms with Gasteiger partial charge in [0, 0.05) is 11.3 Å². The first-order valence-electron chi connectivity index (χ1n) is 8.39. The molecule has 1 aliphatic heterocycles. The first kappa shape index (κ1) is 18.2. The van der Waals surface area contributed by atoms with Crippen molar-refractivity contribution in [2.45, 2.75) is 18.8 Å². The fourth-order valence-electron chi connectivity index (χ4n) is 2.65. The molecule has 1 saturated heterocycles. The SMILES string of the molecule is CCc1ccc(N[C@H]2NC(=O)/C(=C/c3cc(OC)ccc3OC)S2)cc1. The Morgan fingerprint density at radius 3 is 2.58 bits per heavy atom. The fourth-order valence-corrected chi connectivity index (χ4v) is 3.62. The number of nitrogens with one attached hydrogen (secondary N) is 2. The second-order valence-electron chi connectivity index (χ2n) is 5.78. The van der Waals surface area contributed by atoms with Gasteiger partial charge in [0.15, 0.2) is 5.50 Å². The molecule has 2 aromatic rings. The zero-order valence-electron chi connectivity index (χ0n) is 15.0. The molecule has 0 spiro atoms. The molecule has 1 atom stereocenters. The minimum absolute atomic E-state index is 0.109. The summed E-state index contributed by atoms with van der Waals surface area (Å²) >= 11 is 1.44. The van der Waals surface area contributed by atoms with E-state index in [2.05, 4.69) is 29.7 Å². The zero-order chi connectivity index (χ0) is 18.5. The lowest BCUT2D eigenvalue weighted by molar-refractivity contribution is -0.116. The van der Waals surface area contributed by atoms with E-state index in [1.54, 1.807) is 14.2 Å². The van der Waals surface area contributed by atoms with Gasteiger partial charge < -0.3 is 20.1 Å². The molecular formula is C20H22N2O3S. The van der Waals surface area contributed by atoms with Crippen LogP contribution in [0.4, 0.5) is 5.69 Å². The Morgan fingerprint density at radius 2 is 1.92 bits per heavy atom. The number of aryl methyl sites for hydroxylation is 1. The highest BCUT2D eigenvalue weighted by molar-refractivity contribution is 8.05. The summed E-state index contributed by atoms with van der Waals surface area (Å²) in [7, 11) is 3.22. The van der Waals surface area contributed by atoms with Gasteiger partial charge in [0.1, 0.15) is 11.5 Å². The van der Waals surface area contributed by atoms with Crippen molar-refractivity contribution in [2.75, 3.05) is 19.5 Å². The number of rotatable bonds is 6. The lowest BCUT2D eigenvalue weighted by atomic mass is 10.1. The number of hydrogen-bond donors (Lipinski definition) is 2. The summed E-state index contributed by atoms with van der Waals surface area (Å²) in [5.41, 5.74) is 2.85. The molecule has 6 heteroatoms. The highest BCUT2D eigenvalue weighted by atomic mass is 32.2. The number of methoxy groups -OCH3 is 2. The summed E-state index contributed by atoms with van der Waals surface area (Å²) in [5.74, 6) is 1.30. The number of carbonyl (C=O) groups excluding carboxylic acids is 1. The minimum atomic E-state index is -0.210. The maximum Gasteiger partial charge on any atom is 0.260 e. The number of benzene rings is 2. The van der Waals surface area contributed by atoms with Gasteiger partial charge >= 0.3 is 0 Å². The summed E-state index contributed by atoms with van der Waals surface area (Å²) in [4.78, 5) is 12.9. The second kappa shape index (κ2) is 8.19. The Balaban J connectivity index is 1.75. The molecule has 26 heavy (non-hydrogen) atoms. The molecule has 0 unspecified atom stereocenters. The molecular weight excluding hydrogens is 348 g/mol. The summed E-state index contributed by atoms with van der Waals surface area (Å²) in [6, 6.07) is 13.7. The molecule has 0 aliphatic carbocycles. The van der Waals surface area contributed by atoms with Gasteiger partial charge in [0.05, 0.1) is 19.1 Å². The van der Waals surface area contributed by atoms with Crippen LogP contribution in [-0.4, -0.2) is 25.6 Å². The fraction of sp³-hybridized carbons (Fsp3) is 0.250. The number of thioether (sulfide) groups is 1. The zero-order valence-corrected chi connectivity index (χ0v) is 15.9. The summed E-state index contributed by atoms with van der Waals surface area (Å²) < 4.78 is 10.6.